The molecule has 4 rings (SSSR count). The highest BCUT2D eigenvalue weighted by Crippen LogP contribution is 2.34. The number of nitro groups is 1. The van der Waals surface area contributed by atoms with Crippen LogP contribution in [0.15, 0.2) is 30.5 Å². The van der Waals surface area contributed by atoms with Crippen molar-refractivity contribution >= 4 is 17.5 Å². The van der Waals surface area contributed by atoms with Gasteiger partial charge in [-0.25, -0.2) is 4.98 Å². The first kappa shape index (κ1) is 13.9. The third-order valence-corrected chi connectivity index (χ3v) is 4.32. The molecule has 118 valence electrons. The van der Waals surface area contributed by atoms with Gasteiger partial charge in [0.25, 0.3) is 0 Å². The van der Waals surface area contributed by atoms with Gasteiger partial charge in [0.2, 0.25) is 11.8 Å². The zero-order valence-electron chi connectivity index (χ0n) is 12.5. The van der Waals surface area contributed by atoms with Gasteiger partial charge in [-0.1, -0.05) is 24.3 Å². The van der Waals surface area contributed by atoms with Gasteiger partial charge in [0.05, 0.1) is 11.0 Å². The second-order valence-electron chi connectivity index (χ2n) is 6.04. The standard InChI is InChI=1S/C16H17N5O2/c22-21(23)14-9-17-16(20-15(14)18-11-6-7-11)19-13-8-5-10-3-1-2-4-12(10)13/h1-4,9,11,13H,5-8H2,(H2,17,18,19,20). The molecule has 2 aromatic rings. The van der Waals surface area contributed by atoms with Crippen molar-refractivity contribution in [1.29, 1.82) is 0 Å². The largest absolute Gasteiger partial charge is 0.361 e. The molecule has 0 amide bonds. The molecule has 2 N–H and O–H groups in total. The molecule has 1 aromatic carbocycles. The maximum atomic E-state index is 11.1. The lowest BCUT2D eigenvalue weighted by Crippen LogP contribution is -2.13. The van der Waals surface area contributed by atoms with Crippen molar-refractivity contribution in [3.63, 3.8) is 0 Å². The van der Waals surface area contributed by atoms with Crippen LogP contribution in [0.1, 0.15) is 36.4 Å². The molecule has 1 aromatic heterocycles. The lowest BCUT2D eigenvalue weighted by atomic mass is 10.1. The van der Waals surface area contributed by atoms with Crippen LogP contribution >= 0.6 is 0 Å². The second kappa shape index (κ2) is 5.49. The number of fused-ring (bicyclic) bond motifs is 1. The summed E-state index contributed by atoms with van der Waals surface area (Å²) in [5.74, 6) is 0.738. The van der Waals surface area contributed by atoms with Crippen LogP contribution in [-0.2, 0) is 6.42 Å². The minimum absolute atomic E-state index is 0.0747. The minimum atomic E-state index is -0.445. The fourth-order valence-corrected chi connectivity index (χ4v) is 2.97. The topological polar surface area (TPSA) is 93.0 Å². The van der Waals surface area contributed by atoms with Crippen molar-refractivity contribution in [2.75, 3.05) is 10.6 Å². The monoisotopic (exact) mass is 311 g/mol. The molecule has 23 heavy (non-hydrogen) atoms. The quantitative estimate of drug-likeness (QED) is 0.651. The number of anilines is 2. The van der Waals surface area contributed by atoms with E-state index in [9.17, 15) is 10.1 Å². The number of nitrogens with zero attached hydrogens (tertiary/aromatic N) is 3. The molecule has 2 aliphatic carbocycles. The SMILES string of the molecule is O=[N+]([O-])c1cnc(NC2CCc3ccccc32)nc1NC1CC1. The summed E-state index contributed by atoms with van der Waals surface area (Å²) >= 11 is 0. The highest BCUT2D eigenvalue weighted by atomic mass is 16.6. The van der Waals surface area contributed by atoms with Crippen LogP contribution < -0.4 is 10.6 Å². The number of aromatic nitrogens is 2. The van der Waals surface area contributed by atoms with Gasteiger partial charge in [-0.05, 0) is 36.8 Å². The van der Waals surface area contributed by atoms with Gasteiger partial charge in [0.15, 0.2) is 0 Å². The fraction of sp³-hybridized carbons (Fsp3) is 0.375. The number of hydrogen-bond donors (Lipinski definition) is 2. The summed E-state index contributed by atoms with van der Waals surface area (Å²) in [6.07, 6.45) is 5.33. The molecule has 1 unspecified atom stereocenters. The van der Waals surface area contributed by atoms with E-state index in [1.807, 2.05) is 12.1 Å². The third kappa shape index (κ3) is 2.81. The summed E-state index contributed by atoms with van der Waals surface area (Å²) in [6.45, 7) is 0. The Bertz CT molecular complexity index is 760. The zero-order chi connectivity index (χ0) is 15.8. The van der Waals surface area contributed by atoms with Gasteiger partial charge in [-0.3, -0.25) is 10.1 Å². The molecular weight excluding hydrogens is 294 g/mol. The zero-order valence-corrected chi connectivity index (χ0v) is 12.5. The molecule has 2 aliphatic rings. The van der Waals surface area contributed by atoms with Gasteiger partial charge >= 0.3 is 5.69 Å². The second-order valence-corrected chi connectivity index (χ2v) is 6.04. The molecule has 0 radical (unpaired) electrons. The lowest BCUT2D eigenvalue weighted by molar-refractivity contribution is -0.384. The lowest BCUT2D eigenvalue weighted by Gasteiger charge is -2.14. The molecule has 0 saturated heterocycles. The van der Waals surface area contributed by atoms with Crippen LogP contribution in [0, 0.1) is 10.1 Å². The number of nitrogens with one attached hydrogen (secondary N) is 2. The average Bonchev–Trinajstić information content (AvgIpc) is 3.27. The van der Waals surface area contributed by atoms with E-state index in [0.717, 1.165) is 25.7 Å². The smallest absolute Gasteiger partial charge is 0.329 e. The Labute approximate surface area is 133 Å². The Kier molecular flexibility index (Phi) is 3.33. The van der Waals surface area contributed by atoms with E-state index in [1.54, 1.807) is 0 Å². The fourth-order valence-electron chi connectivity index (χ4n) is 2.97. The van der Waals surface area contributed by atoms with E-state index in [4.69, 9.17) is 0 Å². The van der Waals surface area contributed by atoms with Crippen molar-refractivity contribution in [1.82, 2.24) is 9.97 Å². The first-order valence-corrected chi connectivity index (χ1v) is 7.83. The van der Waals surface area contributed by atoms with Crippen LogP contribution in [0.25, 0.3) is 0 Å². The number of aryl methyl sites for hydroxylation is 1. The first-order valence-electron chi connectivity index (χ1n) is 7.83. The molecular formula is C16H17N5O2. The predicted octanol–water partition coefficient (Wildman–Crippen LogP) is 3.06. The van der Waals surface area contributed by atoms with Crippen LogP contribution in [0.4, 0.5) is 17.5 Å². The molecule has 7 heteroatoms. The summed E-state index contributed by atoms with van der Waals surface area (Å²) in [5, 5.41) is 17.5. The van der Waals surface area contributed by atoms with E-state index < -0.39 is 4.92 Å². The third-order valence-electron chi connectivity index (χ3n) is 4.32. The van der Waals surface area contributed by atoms with Gasteiger partial charge in [-0.15, -0.1) is 0 Å². The molecule has 0 bridgehead atoms. The number of benzene rings is 1. The van der Waals surface area contributed by atoms with E-state index >= 15 is 0 Å². The summed E-state index contributed by atoms with van der Waals surface area (Å²) in [5.41, 5.74) is 2.52. The molecule has 1 fully saturated rings. The van der Waals surface area contributed by atoms with E-state index in [-0.39, 0.29) is 11.7 Å². The summed E-state index contributed by atoms with van der Waals surface area (Å²) in [7, 11) is 0. The van der Waals surface area contributed by atoms with Crippen molar-refractivity contribution in [3.8, 4) is 0 Å². The predicted molar refractivity (Wildman–Crippen MR) is 86.5 cm³/mol. The van der Waals surface area contributed by atoms with E-state index in [2.05, 4.69) is 32.7 Å². The number of hydrogen-bond acceptors (Lipinski definition) is 6. The first-order chi connectivity index (χ1) is 11.2. The Hall–Kier alpha value is -2.70. The Morgan fingerprint density at radius 3 is 2.78 bits per heavy atom. The maximum absolute atomic E-state index is 11.1. The van der Waals surface area contributed by atoms with Crippen molar-refractivity contribution in [2.24, 2.45) is 0 Å². The molecule has 0 spiro atoms. The number of rotatable bonds is 5. The van der Waals surface area contributed by atoms with E-state index in [1.165, 1.54) is 17.3 Å². The Balaban J connectivity index is 1.58. The van der Waals surface area contributed by atoms with Crippen LogP contribution in [-0.4, -0.2) is 20.9 Å². The van der Waals surface area contributed by atoms with Crippen LogP contribution in [0.5, 0.6) is 0 Å². The summed E-state index contributed by atoms with van der Waals surface area (Å²) in [6, 6.07) is 8.75. The average molecular weight is 311 g/mol. The Morgan fingerprint density at radius 1 is 1.17 bits per heavy atom. The molecule has 1 atom stereocenters. The van der Waals surface area contributed by atoms with Crippen molar-refractivity contribution in [3.05, 3.63) is 51.7 Å². The van der Waals surface area contributed by atoms with Gasteiger partial charge in [0.1, 0.15) is 6.20 Å². The van der Waals surface area contributed by atoms with Gasteiger partial charge in [-0.2, -0.15) is 4.98 Å². The normalized spacial score (nSPS) is 19.2. The van der Waals surface area contributed by atoms with Crippen molar-refractivity contribution in [2.45, 2.75) is 37.8 Å². The van der Waals surface area contributed by atoms with Crippen molar-refractivity contribution < 1.29 is 4.92 Å². The summed E-state index contributed by atoms with van der Waals surface area (Å²) < 4.78 is 0. The Morgan fingerprint density at radius 2 is 2.00 bits per heavy atom. The molecule has 1 heterocycles. The van der Waals surface area contributed by atoms with E-state index in [0.29, 0.717) is 17.8 Å². The molecule has 1 saturated carbocycles. The van der Waals surface area contributed by atoms with Crippen LogP contribution in [0.2, 0.25) is 0 Å². The highest BCUT2D eigenvalue weighted by molar-refractivity contribution is 5.58. The molecule has 0 aliphatic heterocycles. The van der Waals surface area contributed by atoms with Gasteiger partial charge < -0.3 is 10.6 Å². The maximum Gasteiger partial charge on any atom is 0.329 e. The minimum Gasteiger partial charge on any atom is -0.361 e. The van der Waals surface area contributed by atoms with Crippen LogP contribution in [0.3, 0.4) is 0 Å². The summed E-state index contributed by atoms with van der Waals surface area (Å²) in [4.78, 5) is 19.1. The van der Waals surface area contributed by atoms with Gasteiger partial charge in [0, 0.05) is 6.04 Å². The highest BCUT2D eigenvalue weighted by Gasteiger charge is 2.28. The molecule has 7 nitrogen and oxygen atoms in total.